The maximum absolute atomic E-state index is 10.8. The summed E-state index contributed by atoms with van der Waals surface area (Å²) < 4.78 is 6.98. The van der Waals surface area contributed by atoms with Gasteiger partial charge in [0.25, 0.3) is 0 Å². The fraction of sp³-hybridized carbons (Fsp3) is 0.0909. The summed E-state index contributed by atoms with van der Waals surface area (Å²) in [6, 6.07) is 7.16. The smallest absolute Gasteiger partial charge is 0.353 e. The highest BCUT2D eigenvalue weighted by Gasteiger charge is 2.08. The molecule has 88 valence electrons. The van der Waals surface area contributed by atoms with Crippen LogP contribution in [0, 0.1) is 4.77 Å². The Bertz CT molecular complexity index is 598. The minimum Gasteiger partial charge on any atom is -0.497 e. The molecule has 0 fully saturated rings. The van der Waals surface area contributed by atoms with Gasteiger partial charge >= 0.3 is 5.97 Å². The molecule has 2 N–H and O–H groups in total. The van der Waals surface area contributed by atoms with Gasteiger partial charge in [0.1, 0.15) is 11.4 Å². The van der Waals surface area contributed by atoms with Crippen LogP contribution in [0.2, 0.25) is 0 Å². The van der Waals surface area contributed by atoms with E-state index in [1.54, 1.807) is 35.9 Å². The number of carbonyl (C=O) groups is 1. The second kappa shape index (κ2) is 4.42. The van der Waals surface area contributed by atoms with Gasteiger partial charge in [-0.25, -0.2) is 4.79 Å². The van der Waals surface area contributed by atoms with Crippen molar-refractivity contribution in [2.75, 3.05) is 7.11 Å². The number of imidazole rings is 1. The third-order valence-corrected chi connectivity index (χ3v) is 2.60. The van der Waals surface area contributed by atoms with E-state index in [0.717, 1.165) is 11.4 Å². The molecule has 0 aliphatic heterocycles. The molecule has 5 nitrogen and oxygen atoms in total. The van der Waals surface area contributed by atoms with Crippen molar-refractivity contribution < 1.29 is 14.6 Å². The molecule has 1 heterocycles. The monoisotopic (exact) mass is 250 g/mol. The first-order valence-electron chi connectivity index (χ1n) is 4.81. The average Bonchev–Trinajstić information content (AvgIpc) is 2.72. The van der Waals surface area contributed by atoms with E-state index in [-0.39, 0.29) is 5.69 Å². The van der Waals surface area contributed by atoms with E-state index >= 15 is 0 Å². The number of rotatable bonds is 3. The van der Waals surface area contributed by atoms with Gasteiger partial charge < -0.3 is 14.8 Å². The Morgan fingerprint density at radius 3 is 2.53 bits per heavy atom. The number of nitrogens with one attached hydrogen (secondary N) is 1. The Kier molecular flexibility index (Phi) is 2.97. The van der Waals surface area contributed by atoms with E-state index in [4.69, 9.17) is 22.1 Å². The molecule has 0 bridgehead atoms. The van der Waals surface area contributed by atoms with Crippen LogP contribution in [0.1, 0.15) is 10.5 Å². The number of aromatic carboxylic acids is 1. The van der Waals surface area contributed by atoms with Crippen LogP contribution in [-0.2, 0) is 0 Å². The lowest BCUT2D eigenvalue weighted by molar-refractivity contribution is 0.0691. The highest BCUT2D eigenvalue weighted by Crippen LogP contribution is 2.15. The zero-order chi connectivity index (χ0) is 12.4. The fourth-order valence-electron chi connectivity index (χ4n) is 1.44. The van der Waals surface area contributed by atoms with E-state index in [1.165, 1.54) is 6.20 Å². The van der Waals surface area contributed by atoms with E-state index in [1.807, 2.05) is 0 Å². The van der Waals surface area contributed by atoms with Crippen LogP contribution < -0.4 is 4.74 Å². The van der Waals surface area contributed by atoms with Crippen LogP contribution in [0.25, 0.3) is 5.69 Å². The molecule has 6 heteroatoms. The number of carboxylic acid groups (broad SMARTS) is 1. The second-order valence-electron chi connectivity index (χ2n) is 3.35. The van der Waals surface area contributed by atoms with Gasteiger partial charge in [0.05, 0.1) is 7.11 Å². The van der Waals surface area contributed by atoms with Crippen molar-refractivity contribution in [3.63, 3.8) is 0 Å². The van der Waals surface area contributed by atoms with Gasteiger partial charge in [-0.2, -0.15) is 0 Å². The average molecular weight is 250 g/mol. The summed E-state index contributed by atoms with van der Waals surface area (Å²) in [4.78, 5) is 13.4. The Morgan fingerprint density at radius 2 is 2.06 bits per heavy atom. The number of nitrogens with zero attached hydrogens (tertiary/aromatic N) is 1. The van der Waals surface area contributed by atoms with Gasteiger partial charge in [-0.15, -0.1) is 0 Å². The van der Waals surface area contributed by atoms with Gasteiger partial charge in [-0.1, -0.05) is 0 Å². The third-order valence-electron chi connectivity index (χ3n) is 2.30. The first kappa shape index (κ1) is 11.4. The van der Waals surface area contributed by atoms with Crippen molar-refractivity contribution in [1.29, 1.82) is 0 Å². The minimum absolute atomic E-state index is 0.0609. The molecular weight excluding hydrogens is 240 g/mol. The zero-order valence-electron chi connectivity index (χ0n) is 9.01. The quantitative estimate of drug-likeness (QED) is 0.820. The molecule has 0 spiro atoms. The van der Waals surface area contributed by atoms with Crippen LogP contribution >= 0.6 is 12.2 Å². The maximum Gasteiger partial charge on any atom is 0.353 e. The normalized spacial score (nSPS) is 10.2. The zero-order valence-corrected chi connectivity index (χ0v) is 9.82. The molecule has 2 aromatic rings. The Morgan fingerprint density at radius 1 is 1.41 bits per heavy atom. The topological polar surface area (TPSA) is 67.2 Å². The lowest BCUT2D eigenvalue weighted by atomic mass is 10.3. The lowest BCUT2D eigenvalue weighted by Crippen LogP contribution is -1.95. The molecule has 0 unspecified atom stereocenters. The molecule has 0 saturated heterocycles. The van der Waals surface area contributed by atoms with Gasteiger partial charge in [-0.3, -0.25) is 4.57 Å². The van der Waals surface area contributed by atoms with Crippen LogP contribution in [0.3, 0.4) is 0 Å². The van der Waals surface area contributed by atoms with Gasteiger partial charge in [-0.05, 0) is 36.5 Å². The summed E-state index contributed by atoms with van der Waals surface area (Å²) in [5, 5.41) is 8.84. The number of H-pyrrole nitrogens is 1. The number of benzene rings is 1. The molecule has 0 saturated carbocycles. The largest absolute Gasteiger partial charge is 0.497 e. The SMILES string of the molecule is COc1ccc(-n2cc(C(=O)O)[nH]c2=S)cc1. The summed E-state index contributed by atoms with van der Waals surface area (Å²) in [6.45, 7) is 0. The Balaban J connectivity index is 2.45. The number of methoxy groups -OCH3 is 1. The lowest BCUT2D eigenvalue weighted by Gasteiger charge is -2.03. The molecule has 1 aromatic heterocycles. The van der Waals surface area contributed by atoms with Crippen molar-refractivity contribution in [2.24, 2.45) is 0 Å². The first-order valence-corrected chi connectivity index (χ1v) is 5.22. The van der Waals surface area contributed by atoms with E-state index in [9.17, 15) is 4.79 Å². The number of carboxylic acids is 1. The van der Waals surface area contributed by atoms with Crippen LogP contribution in [0.15, 0.2) is 30.5 Å². The van der Waals surface area contributed by atoms with E-state index < -0.39 is 5.97 Å². The molecule has 0 atom stereocenters. The summed E-state index contributed by atoms with van der Waals surface area (Å²) in [6.07, 6.45) is 1.45. The molecule has 0 amide bonds. The van der Waals surface area contributed by atoms with E-state index in [0.29, 0.717) is 4.77 Å². The summed E-state index contributed by atoms with van der Waals surface area (Å²) >= 11 is 5.05. The Hall–Kier alpha value is -2.08. The van der Waals surface area contributed by atoms with Crippen molar-refractivity contribution >= 4 is 18.2 Å². The van der Waals surface area contributed by atoms with Crippen molar-refractivity contribution in [1.82, 2.24) is 9.55 Å². The highest BCUT2D eigenvalue weighted by molar-refractivity contribution is 7.71. The molecule has 1 aromatic carbocycles. The molecule has 0 aliphatic carbocycles. The predicted octanol–water partition coefficient (Wildman–Crippen LogP) is 2.24. The molecule has 17 heavy (non-hydrogen) atoms. The van der Waals surface area contributed by atoms with Crippen molar-refractivity contribution in [3.05, 3.63) is 40.9 Å². The number of aromatic nitrogens is 2. The predicted molar refractivity (Wildman–Crippen MR) is 64.5 cm³/mol. The molecule has 0 aliphatic rings. The Labute approximate surface area is 102 Å². The highest BCUT2D eigenvalue weighted by atomic mass is 32.1. The summed E-state index contributed by atoms with van der Waals surface area (Å²) in [7, 11) is 1.58. The van der Waals surface area contributed by atoms with E-state index in [2.05, 4.69) is 4.98 Å². The van der Waals surface area contributed by atoms with Crippen LogP contribution in [0.4, 0.5) is 0 Å². The van der Waals surface area contributed by atoms with Gasteiger partial charge in [0.2, 0.25) is 0 Å². The second-order valence-corrected chi connectivity index (χ2v) is 3.73. The third kappa shape index (κ3) is 2.21. The standard InChI is InChI=1S/C11H10N2O3S/c1-16-8-4-2-7(3-5-8)13-6-9(10(14)15)12-11(13)17/h2-6H,1H3,(H,12,17)(H,14,15). The van der Waals surface area contributed by atoms with Crippen LogP contribution in [0.5, 0.6) is 5.75 Å². The summed E-state index contributed by atoms with van der Waals surface area (Å²) in [5.41, 5.74) is 0.838. The molecular formula is C11H10N2O3S. The summed E-state index contributed by atoms with van der Waals surface area (Å²) in [5.74, 6) is -0.308. The number of ether oxygens (including phenoxy) is 1. The van der Waals surface area contributed by atoms with Crippen LogP contribution in [-0.4, -0.2) is 27.7 Å². The van der Waals surface area contributed by atoms with Gasteiger partial charge in [0.15, 0.2) is 4.77 Å². The first-order chi connectivity index (χ1) is 8.11. The molecule has 0 radical (unpaired) electrons. The van der Waals surface area contributed by atoms with Crippen molar-refractivity contribution in [2.45, 2.75) is 0 Å². The van der Waals surface area contributed by atoms with Crippen molar-refractivity contribution in [3.8, 4) is 11.4 Å². The number of hydrogen-bond acceptors (Lipinski definition) is 3. The fourth-order valence-corrected chi connectivity index (χ4v) is 1.71. The number of hydrogen-bond donors (Lipinski definition) is 2. The molecule has 2 rings (SSSR count). The number of aromatic amines is 1. The maximum atomic E-state index is 10.8. The minimum atomic E-state index is -1.04. The van der Waals surface area contributed by atoms with Gasteiger partial charge in [0, 0.05) is 11.9 Å².